The molecule has 0 radical (unpaired) electrons. The summed E-state index contributed by atoms with van der Waals surface area (Å²) in [5.41, 5.74) is 6.34. The van der Waals surface area contributed by atoms with Gasteiger partial charge in [-0.2, -0.15) is 4.37 Å². The molecular weight excluding hydrogens is 198 g/mol. The summed E-state index contributed by atoms with van der Waals surface area (Å²) in [5.74, 6) is 0.736. The fourth-order valence-corrected chi connectivity index (χ4v) is 1.53. The highest BCUT2D eigenvalue weighted by Gasteiger charge is 2.02. The van der Waals surface area contributed by atoms with Crippen LogP contribution in [0, 0.1) is 0 Å². The van der Waals surface area contributed by atoms with E-state index in [1.807, 2.05) is 12.1 Å². The van der Waals surface area contributed by atoms with Gasteiger partial charge in [0.05, 0.1) is 23.0 Å². The minimum Gasteiger partial charge on any atom is -0.486 e. The van der Waals surface area contributed by atoms with Gasteiger partial charge in [0.2, 0.25) is 0 Å². The molecule has 0 saturated heterocycles. The molecule has 0 aliphatic heterocycles. The monoisotopic (exact) mass is 207 g/mol. The smallest absolute Gasteiger partial charge is 0.138 e. The molecule has 0 unspecified atom stereocenters. The molecule has 0 amide bonds. The van der Waals surface area contributed by atoms with E-state index in [0.717, 1.165) is 10.6 Å². The standard InChI is InChI=1S/C9H9N3OS/c10-8-5-12-14-9(8)6-13-7-2-1-3-11-4-7/h1-5H,6,10H2. The maximum atomic E-state index is 5.66. The number of aromatic nitrogens is 2. The largest absolute Gasteiger partial charge is 0.486 e. The maximum Gasteiger partial charge on any atom is 0.138 e. The lowest BCUT2D eigenvalue weighted by molar-refractivity contribution is 0.309. The van der Waals surface area contributed by atoms with Gasteiger partial charge in [-0.05, 0) is 23.7 Å². The zero-order valence-corrected chi connectivity index (χ0v) is 8.20. The summed E-state index contributed by atoms with van der Waals surface area (Å²) in [6, 6.07) is 3.68. The van der Waals surface area contributed by atoms with E-state index in [-0.39, 0.29) is 0 Å². The second-order valence-corrected chi connectivity index (χ2v) is 3.57. The summed E-state index contributed by atoms with van der Waals surface area (Å²) in [6.45, 7) is 0.447. The lowest BCUT2D eigenvalue weighted by atomic mass is 10.4. The second-order valence-electron chi connectivity index (χ2n) is 2.68. The van der Waals surface area contributed by atoms with Crippen LogP contribution in [0.5, 0.6) is 5.75 Å². The molecule has 2 aromatic rings. The van der Waals surface area contributed by atoms with E-state index < -0.39 is 0 Å². The molecule has 2 N–H and O–H groups in total. The number of nitrogen functional groups attached to an aromatic ring is 1. The Bertz CT molecular complexity index is 401. The maximum absolute atomic E-state index is 5.66. The van der Waals surface area contributed by atoms with Gasteiger partial charge in [0.1, 0.15) is 12.4 Å². The van der Waals surface area contributed by atoms with Crippen molar-refractivity contribution >= 4 is 17.2 Å². The summed E-state index contributed by atoms with van der Waals surface area (Å²) < 4.78 is 9.41. The highest BCUT2D eigenvalue weighted by Crippen LogP contribution is 2.18. The minimum atomic E-state index is 0.447. The topological polar surface area (TPSA) is 61.0 Å². The molecule has 0 saturated carbocycles. The van der Waals surface area contributed by atoms with E-state index in [9.17, 15) is 0 Å². The molecule has 0 fully saturated rings. The van der Waals surface area contributed by atoms with Crippen molar-refractivity contribution in [3.05, 3.63) is 35.6 Å². The summed E-state index contributed by atoms with van der Waals surface area (Å²) in [4.78, 5) is 4.88. The Kier molecular flexibility index (Phi) is 2.60. The molecule has 2 aromatic heterocycles. The fraction of sp³-hybridized carbons (Fsp3) is 0.111. The average molecular weight is 207 g/mol. The number of nitrogens with two attached hydrogens (primary N) is 1. The Morgan fingerprint density at radius 3 is 3.00 bits per heavy atom. The van der Waals surface area contributed by atoms with Crippen LogP contribution in [0.1, 0.15) is 4.88 Å². The van der Waals surface area contributed by atoms with Crippen molar-refractivity contribution < 1.29 is 4.74 Å². The summed E-state index contributed by atoms with van der Waals surface area (Å²) in [7, 11) is 0. The van der Waals surface area contributed by atoms with E-state index in [0.29, 0.717) is 12.3 Å². The quantitative estimate of drug-likeness (QED) is 0.832. The third-order valence-corrected chi connectivity index (χ3v) is 2.47. The number of hydrogen-bond donors (Lipinski definition) is 1. The van der Waals surface area contributed by atoms with Crippen LogP contribution in [0.2, 0.25) is 0 Å². The van der Waals surface area contributed by atoms with Crippen LogP contribution in [0.15, 0.2) is 30.7 Å². The van der Waals surface area contributed by atoms with E-state index in [2.05, 4.69) is 9.36 Å². The van der Waals surface area contributed by atoms with E-state index >= 15 is 0 Å². The van der Waals surface area contributed by atoms with Crippen LogP contribution >= 0.6 is 11.5 Å². The van der Waals surface area contributed by atoms with Gasteiger partial charge in [0.25, 0.3) is 0 Å². The van der Waals surface area contributed by atoms with Gasteiger partial charge in [-0.3, -0.25) is 4.98 Å². The molecule has 4 nitrogen and oxygen atoms in total. The molecule has 0 aromatic carbocycles. The Morgan fingerprint density at radius 1 is 1.43 bits per heavy atom. The van der Waals surface area contributed by atoms with Crippen molar-refractivity contribution in [3.63, 3.8) is 0 Å². The first-order valence-corrected chi connectivity index (χ1v) is 4.85. The van der Waals surface area contributed by atoms with Crippen LogP contribution in [0.3, 0.4) is 0 Å². The number of pyridine rings is 1. The van der Waals surface area contributed by atoms with Gasteiger partial charge in [0.15, 0.2) is 0 Å². The number of nitrogens with zero attached hydrogens (tertiary/aromatic N) is 2. The Balaban J connectivity index is 1.99. The molecule has 0 spiro atoms. The Morgan fingerprint density at radius 2 is 2.36 bits per heavy atom. The van der Waals surface area contributed by atoms with Gasteiger partial charge in [-0.1, -0.05) is 0 Å². The lowest BCUT2D eigenvalue weighted by Gasteiger charge is -2.03. The molecule has 14 heavy (non-hydrogen) atoms. The van der Waals surface area contributed by atoms with Crippen molar-refractivity contribution in [2.75, 3.05) is 5.73 Å². The Labute approximate surface area is 85.5 Å². The number of rotatable bonds is 3. The van der Waals surface area contributed by atoms with Gasteiger partial charge in [-0.15, -0.1) is 0 Å². The predicted molar refractivity (Wildman–Crippen MR) is 55.1 cm³/mol. The van der Waals surface area contributed by atoms with Crippen molar-refractivity contribution in [1.82, 2.24) is 9.36 Å². The fourth-order valence-electron chi connectivity index (χ4n) is 0.962. The van der Waals surface area contributed by atoms with Crippen molar-refractivity contribution in [2.45, 2.75) is 6.61 Å². The van der Waals surface area contributed by atoms with E-state index in [1.165, 1.54) is 11.5 Å². The first-order valence-electron chi connectivity index (χ1n) is 4.08. The van der Waals surface area contributed by atoms with Gasteiger partial charge < -0.3 is 10.5 Å². The van der Waals surface area contributed by atoms with Gasteiger partial charge in [0, 0.05) is 6.20 Å². The van der Waals surface area contributed by atoms with Gasteiger partial charge in [-0.25, -0.2) is 0 Å². The van der Waals surface area contributed by atoms with Crippen LogP contribution < -0.4 is 10.5 Å². The van der Waals surface area contributed by atoms with Crippen molar-refractivity contribution in [3.8, 4) is 5.75 Å². The first kappa shape index (κ1) is 8.96. The molecule has 2 rings (SSSR count). The second kappa shape index (κ2) is 4.06. The van der Waals surface area contributed by atoms with E-state index in [4.69, 9.17) is 10.5 Å². The number of anilines is 1. The summed E-state index contributed by atoms with van der Waals surface area (Å²) in [5, 5.41) is 0. The third kappa shape index (κ3) is 2.00. The molecular formula is C9H9N3OS. The lowest BCUT2D eigenvalue weighted by Crippen LogP contribution is -1.96. The molecule has 0 aliphatic rings. The minimum absolute atomic E-state index is 0.447. The zero-order valence-electron chi connectivity index (χ0n) is 7.38. The SMILES string of the molecule is Nc1cnsc1COc1cccnc1. The first-order chi connectivity index (χ1) is 6.86. The molecule has 72 valence electrons. The van der Waals surface area contributed by atoms with E-state index in [1.54, 1.807) is 18.6 Å². The predicted octanol–water partition coefficient (Wildman–Crippen LogP) is 1.70. The van der Waals surface area contributed by atoms with Gasteiger partial charge >= 0.3 is 0 Å². The molecule has 5 heteroatoms. The summed E-state index contributed by atoms with van der Waals surface area (Å²) >= 11 is 1.35. The summed E-state index contributed by atoms with van der Waals surface area (Å²) in [6.07, 6.45) is 5.00. The van der Waals surface area contributed by atoms with Crippen LogP contribution in [0.4, 0.5) is 5.69 Å². The normalized spacial score (nSPS) is 10.0. The number of ether oxygens (including phenoxy) is 1. The average Bonchev–Trinajstić information content (AvgIpc) is 2.63. The Hall–Kier alpha value is -1.62. The third-order valence-electron chi connectivity index (χ3n) is 1.68. The molecule has 0 aliphatic carbocycles. The van der Waals surface area contributed by atoms with Crippen LogP contribution in [-0.4, -0.2) is 9.36 Å². The molecule has 0 bridgehead atoms. The highest BCUT2D eigenvalue weighted by molar-refractivity contribution is 7.06. The molecule has 2 heterocycles. The molecule has 0 atom stereocenters. The van der Waals surface area contributed by atoms with Crippen molar-refractivity contribution in [2.24, 2.45) is 0 Å². The van der Waals surface area contributed by atoms with Crippen molar-refractivity contribution in [1.29, 1.82) is 0 Å². The number of hydrogen-bond acceptors (Lipinski definition) is 5. The zero-order chi connectivity index (χ0) is 9.80. The highest BCUT2D eigenvalue weighted by atomic mass is 32.1. The van der Waals surface area contributed by atoms with Crippen LogP contribution in [-0.2, 0) is 6.61 Å². The van der Waals surface area contributed by atoms with Crippen LogP contribution in [0.25, 0.3) is 0 Å².